The van der Waals surface area contributed by atoms with Crippen molar-refractivity contribution in [3.05, 3.63) is 47.7 Å². The predicted molar refractivity (Wildman–Crippen MR) is 112 cm³/mol. The number of aryl methyl sites for hydroxylation is 2. The number of likely N-dealkylation sites (tertiary alicyclic amines) is 1. The Bertz CT molecular complexity index is 1040. The molecule has 2 aromatic heterocycles. The van der Waals surface area contributed by atoms with E-state index in [9.17, 15) is 4.79 Å². The smallest absolute Gasteiger partial charge is 0.278 e. The van der Waals surface area contributed by atoms with Crippen LogP contribution in [-0.4, -0.2) is 57.7 Å². The number of carbonyl (C=O) groups is 1. The summed E-state index contributed by atoms with van der Waals surface area (Å²) in [6, 6.07) is 5.63. The molecule has 0 atom stereocenters. The molecule has 0 aliphatic carbocycles. The van der Waals surface area contributed by atoms with Gasteiger partial charge in [-0.1, -0.05) is 11.2 Å². The molecule has 0 radical (unpaired) electrons. The molecule has 1 fully saturated rings. The van der Waals surface area contributed by atoms with Gasteiger partial charge in [-0.05, 0) is 44.4 Å². The van der Waals surface area contributed by atoms with Crippen LogP contribution in [0.4, 0.5) is 0 Å². The summed E-state index contributed by atoms with van der Waals surface area (Å²) in [6.45, 7) is 5.05. The number of methoxy groups -OCH3 is 1. The lowest BCUT2D eigenvalue weighted by atomic mass is 9.96. The average molecular weight is 423 g/mol. The van der Waals surface area contributed by atoms with E-state index in [4.69, 9.17) is 14.0 Å². The number of ether oxygens (including phenoxy) is 2. The fourth-order valence-corrected chi connectivity index (χ4v) is 3.52. The van der Waals surface area contributed by atoms with Crippen molar-refractivity contribution in [2.75, 3.05) is 26.8 Å². The molecule has 0 unspecified atom stereocenters. The monoisotopic (exact) mass is 423 g/mol. The number of hydrogen-bond acceptors (Lipinski definition) is 8. The second-order valence-corrected chi connectivity index (χ2v) is 7.60. The molecule has 0 N–H and O–H groups in total. The normalized spacial score (nSPS) is 14.5. The summed E-state index contributed by atoms with van der Waals surface area (Å²) in [5.74, 6) is 2.28. The number of aromatic nitrogens is 4. The lowest BCUT2D eigenvalue weighted by Gasteiger charge is -2.30. The Hall–Kier alpha value is -3.49. The maximum absolute atomic E-state index is 12.6. The van der Waals surface area contributed by atoms with Crippen LogP contribution >= 0.6 is 0 Å². The maximum atomic E-state index is 12.6. The molecule has 1 saturated heterocycles. The third kappa shape index (κ3) is 4.82. The maximum Gasteiger partial charge on any atom is 0.278 e. The van der Waals surface area contributed by atoms with Crippen molar-refractivity contribution in [2.45, 2.75) is 32.6 Å². The van der Waals surface area contributed by atoms with E-state index in [1.165, 1.54) is 0 Å². The van der Waals surface area contributed by atoms with E-state index in [0.29, 0.717) is 42.0 Å². The predicted octanol–water partition coefficient (Wildman–Crippen LogP) is 2.94. The second kappa shape index (κ2) is 9.11. The van der Waals surface area contributed by atoms with Gasteiger partial charge < -0.3 is 18.9 Å². The number of nitrogens with zero attached hydrogens (tertiary/aromatic N) is 5. The first-order valence-corrected chi connectivity index (χ1v) is 10.2. The second-order valence-electron chi connectivity index (χ2n) is 7.60. The Kier molecular flexibility index (Phi) is 6.11. The van der Waals surface area contributed by atoms with Crippen molar-refractivity contribution in [3.8, 4) is 23.1 Å². The lowest BCUT2D eigenvalue weighted by molar-refractivity contribution is -0.134. The number of piperidine rings is 1. The van der Waals surface area contributed by atoms with Crippen LogP contribution in [0.5, 0.6) is 11.5 Å². The highest BCUT2D eigenvalue weighted by molar-refractivity contribution is 5.78. The van der Waals surface area contributed by atoms with Gasteiger partial charge in [0.15, 0.2) is 23.9 Å². The van der Waals surface area contributed by atoms with E-state index in [1.807, 2.05) is 36.9 Å². The van der Waals surface area contributed by atoms with E-state index in [-0.39, 0.29) is 18.4 Å². The molecule has 3 aromatic rings. The van der Waals surface area contributed by atoms with Gasteiger partial charge >= 0.3 is 0 Å². The molecule has 1 aromatic carbocycles. The van der Waals surface area contributed by atoms with Crippen LogP contribution < -0.4 is 9.47 Å². The Morgan fingerprint density at radius 1 is 1.16 bits per heavy atom. The number of rotatable bonds is 6. The summed E-state index contributed by atoms with van der Waals surface area (Å²) in [6.07, 6.45) is 4.81. The number of benzene rings is 1. The Labute approximate surface area is 180 Å². The van der Waals surface area contributed by atoms with Crippen molar-refractivity contribution in [1.82, 2.24) is 25.0 Å². The van der Waals surface area contributed by atoms with Crippen LogP contribution in [0.2, 0.25) is 0 Å². The van der Waals surface area contributed by atoms with Crippen LogP contribution in [0, 0.1) is 13.8 Å². The molecule has 9 nitrogen and oxygen atoms in total. The first-order chi connectivity index (χ1) is 15.0. The molecule has 9 heteroatoms. The highest BCUT2D eigenvalue weighted by Gasteiger charge is 2.27. The molecule has 31 heavy (non-hydrogen) atoms. The van der Waals surface area contributed by atoms with Gasteiger partial charge in [0.25, 0.3) is 11.8 Å². The van der Waals surface area contributed by atoms with Gasteiger partial charge in [-0.2, -0.15) is 4.98 Å². The van der Waals surface area contributed by atoms with Crippen molar-refractivity contribution >= 4 is 5.91 Å². The zero-order valence-electron chi connectivity index (χ0n) is 17.9. The van der Waals surface area contributed by atoms with E-state index in [1.54, 1.807) is 19.5 Å². The molecule has 1 aliphatic heterocycles. The van der Waals surface area contributed by atoms with Crippen LogP contribution in [0.25, 0.3) is 11.6 Å². The molecule has 4 rings (SSSR count). The van der Waals surface area contributed by atoms with E-state index in [2.05, 4.69) is 20.1 Å². The quantitative estimate of drug-likeness (QED) is 0.596. The molecule has 0 saturated carbocycles. The summed E-state index contributed by atoms with van der Waals surface area (Å²) in [4.78, 5) is 27.4. The third-order valence-electron chi connectivity index (χ3n) is 5.32. The molecule has 0 bridgehead atoms. The van der Waals surface area contributed by atoms with Gasteiger partial charge in [-0.15, -0.1) is 0 Å². The van der Waals surface area contributed by atoms with Crippen LogP contribution in [0.3, 0.4) is 0 Å². The fraction of sp³-hybridized carbons (Fsp3) is 0.409. The molecule has 162 valence electrons. The topological polar surface area (TPSA) is 103 Å². The zero-order chi connectivity index (χ0) is 21.8. The zero-order valence-corrected chi connectivity index (χ0v) is 17.9. The van der Waals surface area contributed by atoms with Gasteiger partial charge in [0.1, 0.15) is 5.69 Å². The largest absolute Gasteiger partial charge is 0.493 e. The number of hydrogen-bond donors (Lipinski definition) is 0. The van der Waals surface area contributed by atoms with Crippen molar-refractivity contribution in [1.29, 1.82) is 0 Å². The summed E-state index contributed by atoms with van der Waals surface area (Å²) in [5.41, 5.74) is 2.45. The lowest BCUT2D eigenvalue weighted by Crippen LogP contribution is -2.40. The molecule has 1 amide bonds. The van der Waals surface area contributed by atoms with Crippen LogP contribution in [0.15, 0.2) is 35.1 Å². The highest BCUT2D eigenvalue weighted by Crippen LogP contribution is 2.29. The number of amides is 1. The van der Waals surface area contributed by atoms with Gasteiger partial charge in [0.05, 0.1) is 19.0 Å². The number of carbonyl (C=O) groups excluding carboxylic acids is 1. The standard InChI is InChI=1S/C22H25N5O4/c1-14-4-5-18(19(10-14)29-3)30-13-20(28)27-8-6-16(7-9-27)21-25-22(31-26-21)17-12-23-15(2)11-24-17/h4-5,10-12,16H,6-9,13H2,1-3H3. The SMILES string of the molecule is COc1cc(C)ccc1OCC(=O)N1CCC(c2noc(-c3cnc(C)cn3)n2)CC1. The van der Waals surface area contributed by atoms with Crippen LogP contribution in [0.1, 0.15) is 35.8 Å². The van der Waals surface area contributed by atoms with E-state index in [0.717, 1.165) is 24.1 Å². The van der Waals surface area contributed by atoms with Crippen molar-refractivity contribution in [3.63, 3.8) is 0 Å². The van der Waals surface area contributed by atoms with E-state index < -0.39 is 0 Å². The Balaban J connectivity index is 1.30. The highest BCUT2D eigenvalue weighted by atomic mass is 16.5. The van der Waals surface area contributed by atoms with Gasteiger partial charge in [0.2, 0.25) is 0 Å². The first kappa shape index (κ1) is 20.8. The average Bonchev–Trinajstić information content (AvgIpc) is 3.29. The summed E-state index contributed by atoms with van der Waals surface area (Å²) < 4.78 is 16.4. The molecule has 3 heterocycles. The Morgan fingerprint density at radius 3 is 2.68 bits per heavy atom. The minimum absolute atomic E-state index is 0.0253. The van der Waals surface area contributed by atoms with Gasteiger partial charge in [-0.3, -0.25) is 9.78 Å². The summed E-state index contributed by atoms with van der Waals surface area (Å²) in [5, 5.41) is 4.11. The van der Waals surface area contributed by atoms with Gasteiger partial charge in [-0.25, -0.2) is 4.98 Å². The van der Waals surface area contributed by atoms with Crippen molar-refractivity contribution < 1.29 is 18.8 Å². The van der Waals surface area contributed by atoms with Crippen LogP contribution in [-0.2, 0) is 4.79 Å². The molecular formula is C22H25N5O4. The van der Waals surface area contributed by atoms with Gasteiger partial charge in [0, 0.05) is 25.2 Å². The minimum Gasteiger partial charge on any atom is -0.493 e. The summed E-state index contributed by atoms with van der Waals surface area (Å²) >= 11 is 0. The molecule has 0 spiro atoms. The molecular weight excluding hydrogens is 398 g/mol. The van der Waals surface area contributed by atoms with Crippen molar-refractivity contribution in [2.24, 2.45) is 0 Å². The molecule has 1 aliphatic rings. The first-order valence-electron chi connectivity index (χ1n) is 10.2. The third-order valence-corrected chi connectivity index (χ3v) is 5.32. The fourth-order valence-electron chi connectivity index (χ4n) is 3.52. The van der Waals surface area contributed by atoms with E-state index >= 15 is 0 Å². The summed E-state index contributed by atoms with van der Waals surface area (Å²) in [7, 11) is 1.59. The Morgan fingerprint density at radius 2 is 1.97 bits per heavy atom. The minimum atomic E-state index is -0.0511.